The third-order valence-corrected chi connectivity index (χ3v) is 4.21. The highest BCUT2D eigenvalue weighted by molar-refractivity contribution is 5.94. The summed E-state index contributed by atoms with van der Waals surface area (Å²) in [7, 11) is 0. The molecule has 0 bridgehead atoms. The van der Waals surface area contributed by atoms with Gasteiger partial charge in [0.2, 0.25) is 0 Å². The molecule has 0 spiro atoms. The lowest BCUT2D eigenvalue weighted by atomic mass is 10.1. The van der Waals surface area contributed by atoms with Crippen LogP contribution in [0, 0.1) is 10.1 Å². The molecule has 8 heteroatoms. The number of hydrogen-bond acceptors (Lipinski definition) is 6. The van der Waals surface area contributed by atoms with E-state index in [1.54, 1.807) is 24.3 Å². The maximum atomic E-state index is 12.1. The Morgan fingerprint density at radius 3 is 2.44 bits per heavy atom. The van der Waals surface area contributed by atoms with Crippen molar-refractivity contribution in [3.63, 3.8) is 0 Å². The first-order valence-electron chi connectivity index (χ1n) is 8.59. The summed E-state index contributed by atoms with van der Waals surface area (Å²) in [5.41, 5.74) is 4.77. The molecule has 1 aliphatic heterocycles. The lowest BCUT2D eigenvalue weighted by Gasteiger charge is -2.26. The maximum absolute atomic E-state index is 12.1. The SMILES string of the molecule is O=C(N/N=C/c1ccc([N+](=O)[O-])cc1)c1ccc(CN2CCOCC2)cc1. The van der Waals surface area contributed by atoms with E-state index >= 15 is 0 Å². The van der Waals surface area contributed by atoms with Crippen molar-refractivity contribution in [2.24, 2.45) is 5.10 Å². The summed E-state index contributed by atoms with van der Waals surface area (Å²) in [5, 5.41) is 14.5. The Labute approximate surface area is 156 Å². The number of hydrogen-bond donors (Lipinski definition) is 1. The summed E-state index contributed by atoms with van der Waals surface area (Å²) in [5.74, 6) is -0.314. The fourth-order valence-corrected chi connectivity index (χ4v) is 2.69. The van der Waals surface area contributed by atoms with Gasteiger partial charge in [0.1, 0.15) is 0 Å². The fraction of sp³-hybridized carbons (Fsp3) is 0.263. The molecule has 140 valence electrons. The first-order chi connectivity index (χ1) is 13.1. The Kier molecular flexibility index (Phi) is 6.24. The molecular formula is C19H20N4O4. The van der Waals surface area contributed by atoms with Crippen LogP contribution < -0.4 is 5.43 Å². The third kappa shape index (κ3) is 5.44. The van der Waals surface area contributed by atoms with Crippen molar-refractivity contribution in [2.75, 3.05) is 26.3 Å². The third-order valence-electron chi connectivity index (χ3n) is 4.21. The zero-order chi connectivity index (χ0) is 19.1. The van der Waals surface area contributed by atoms with Gasteiger partial charge in [-0.1, -0.05) is 12.1 Å². The highest BCUT2D eigenvalue weighted by Gasteiger charge is 2.11. The number of amides is 1. The second-order valence-corrected chi connectivity index (χ2v) is 6.13. The normalized spacial score (nSPS) is 15.0. The molecule has 1 amide bonds. The van der Waals surface area contributed by atoms with Gasteiger partial charge in [0.15, 0.2) is 0 Å². The van der Waals surface area contributed by atoms with Gasteiger partial charge in [-0.05, 0) is 35.4 Å². The van der Waals surface area contributed by atoms with Crippen molar-refractivity contribution in [3.05, 3.63) is 75.3 Å². The molecule has 1 N–H and O–H groups in total. The predicted molar refractivity (Wildman–Crippen MR) is 101 cm³/mol. The lowest BCUT2D eigenvalue weighted by molar-refractivity contribution is -0.384. The lowest BCUT2D eigenvalue weighted by Crippen LogP contribution is -2.35. The highest BCUT2D eigenvalue weighted by atomic mass is 16.6. The van der Waals surface area contributed by atoms with E-state index in [2.05, 4.69) is 15.4 Å². The average Bonchev–Trinajstić information content (AvgIpc) is 2.69. The van der Waals surface area contributed by atoms with E-state index in [-0.39, 0.29) is 11.6 Å². The zero-order valence-corrected chi connectivity index (χ0v) is 14.7. The summed E-state index contributed by atoms with van der Waals surface area (Å²) in [4.78, 5) is 24.6. The number of non-ortho nitro benzene ring substituents is 1. The van der Waals surface area contributed by atoms with Crippen LogP contribution in [0.1, 0.15) is 21.5 Å². The van der Waals surface area contributed by atoms with E-state index in [1.165, 1.54) is 18.3 Å². The molecule has 2 aromatic carbocycles. The van der Waals surface area contributed by atoms with Gasteiger partial charge in [0.25, 0.3) is 11.6 Å². The van der Waals surface area contributed by atoms with Crippen LogP contribution in [0.25, 0.3) is 0 Å². The van der Waals surface area contributed by atoms with Gasteiger partial charge in [-0.25, -0.2) is 5.43 Å². The number of nitrogens with one attached hydrogen (secondary N) is 1. The molecule has 3 rings (SSSR count). The van der Waals surface area contributed by atoms with Gasteiger partial charge >= 0.3 is 0 Å². The molecular weight excluding hydrogens is 348 g/mol. The topological polar surface area (TPSA) is 97.1 Å². The van der Waals surface area contributed by atoms with Gasteiger partial charge in [-0.2, -0.15) is 5.10 Å². The number of nitro groups is 1. The number of ether oxygens (including phenoxy) is 1. The highest BCUT2D eigenvalue weighted by Crippen LogP contribution is 2.11. The first kappa shape index (κ1) is 18.7. The van der Waals surface area contributed by atoms with Crippen LogP contribution in [0.15, 0.2) is 53.6 Å². The Hall–Kier alpha value is -3.10. The minimum absolute atomic E-state index is 0.00774. The molecule has 0 aromatic heterocycles. The van der Waals surface area contributed by atoms with Crippen LogP contribution >= 0.6 is 0 Å². The summed E-state index contributed by atoms with van der Waals surface area (Å²) < 4.78 is 5.34. The summed E-state index contributed by atoms with van der Waals surface area (Å²) in [6.45, 7) is 4.18. The smallest absolute Gasteiger partial charge is 0.271 e. The molecule has 1 saturated heterocycles. The second-order valence-electron chi connectivity index (χ2n) is 6.13. The number of morpholine rings is 1. The van der Waals surface area contributed by atoms with Crippen LogP contribution in [0.2, 0.25) is 0 Å². The summed E-state index contributed by atoms with van der Waals surface area (Å²) in [6, 6.07) is 13.3. The van der Waals surface area contributed by atoms with Crippen LogP contribution in [-0.2, 0) is 11.3 Å². The fourth-order valence-electron chi connectivity index (χ4n) is 2.69. The molecule has 0 aliphatic carbocycles. The van der Waals surface area contributed by atoms with Gasteiger partial charge < -0.3 is 4.74 Å². The summed E-state index contributed by atoms with van der Waals surface area (Å²) in [6.07, 6.45) is 1.44. The largest absolute Gasteiger partial charge is 0.379 e. The molecule has 1 fully saturated rings. The number of hydrazone groups is 1. The van der Waals surface area contributed by atoms with Crippen molar-refractivity contribution >= 4 is 17.8 Å². The quantitative estimate of drug-likeness (QED) is 0.479. The van der Waals surface area contributed by atoms with Crippen molar-refractivity contribution in [2.45, 2.75) is 6.54 Å². The first-order valence-corrected chi connectivity index (χ1v) is 8.59. The van der Waals surface area contributed by atoms with Crippen molar-refractivity contribution < 1.29 is 14.5 Å². The van der Waals surface area contributed by atoms with Gasteiger partial charge in [-0.15, -0.1) is 0 Å². The molecule has 0 unspecified atom stereocenters. The Morgan fingerprint density at radius 2 is 1.81 bits per heavy atom. The van der Waals surface area contributed by atoms with Crippen LogP contribution in [0.4, 0.5) is 5.69 Å². The van der Waals surface area contributed by atoms with Crippen LogP contribution in [0.5, 0.6) is 0 Å². The van der Waals surface area contributed by atoms with E-state index in [0.29, 0.717) is 11.1 Å². The van der Waals surface area contributed by atoms with E-state index in [0.717, 1.165) is 38.4 Å². The predicted octanol–water partition coefficient (Wildman–Crippen LogP) is 2.19. The molecule has 8 nitrogen and oxygen atoms in total. The van der Waals surface area contributed by atoms with Crippen molar-refractivity contribution in [1.82, 2.24) is 10.3 Å². The molecule has 27 heavy (non-hydrogen) atoms. The molecule has 1 heterocycles. The number of nitrogens with zero attached hydrogens (tertiary/aromatic N) is 3. The molecule has 2 aromatic rings. The van der Waals surface area contributed by atoms with Crippen LogP contribution in [0.3, 0.4) is 0 Å². The number of rotatable bonds is 6. The second kappa shape index (κ2) is 9.02. The number of nitro benzene ring substituents is 1. The average molecular weight is 368 g/mol. The van der Waals surface area contributed by atoms with E-state index in [4.69, 9.17) is 4.74 Å². The standard InChI is InChI=1S/C19H20N4O4/c24-19(21-20-13-15-3-7-18(8-4-15)23(25)26)17-5-1-16(2-6-17)14-22-9-11-27-12-10-22/h1-8,13H,9-12,14H2,(H,21,24)/b20-13+. The van der Waals surface area contributed by atoms with Gasteiger partial charge in [0.05, 0.1) is 24.4 Å². The molecule has 0 atom stereocenters. The van der Waals surface area contributed by atoms with Crippen LogP contribution in [-0.4, -0.2) is 48.2 Å². The Morgan fingerprint density at radius 1 is 1.15 bits per heavy atom. The molecule has 0 radical (unpaired) electrons. The number of benzene rings is 2. The maximum Gasteiger partial charge on any atom is 0.271 e. The van der Waals surface area contributed by atoms with Crippen molar-refractivity contribution in [1.29, 1.82) is 0 Å². The Bertz CT molecular complexity index is 813. The number of carbonyl (C=O) groups is 1. The van der Waals surface area contributed by atoms with Gasteiger partial charge in [-0.3, -0.25) is 19.8 Å². The minimum atomic E-state index is -0.467. The summed E-state index contributed by atoms with van der Waals surface area (Å²) >= 11 is 0. The van der Waals surface area contributed by atoms with Gasteiger partial charge in [0, 0.05) is 37.3 Å². The van der Waals surface area contributed by atoms with E-state index < -0.39 is 4.92 Å². The van der Waals surface area contributed by atoms with Crippen molar-refractivity contribution in [3.8, 4) is 0 Å². The minimum Gasteiger partial charge on any atom is -0.379 e. The molecule has 1 aliphatic rings. The number of carbonyl (C=O) groups excluding carboxylic acids is 1. The van der Waals surface area contributed by atoms with E-state index in [9.17, 15) is 14.9 Å². The monoisotopic (exact) mass is 368 g/mol. The Balaban J connectivity index is 1.52. The molecule has 0 saturated carbocycles. The zero-order valence-electron chi connectivity index (χ0n) is 14.7. The van der Waals surface area contributed by atoms with E-state index in [1.807, 2.05) is 12.1 Å².